The number of ether oxygens (including phenoxy) is 1. The maximum atomic E-state index is 5.97. The summed E-state index contributed by atoms with van der Waals surface area (Å²) in [5.74, 6) is 1.84. The molecule has 0 saturated carbocycles. The normalized spacial score (nSPS) is 17.2. The van der Waals surface area contributed by atoms with Crippen LogP contribution in [0.1, 0.15) is 24.1 Å². The first kappa shape index (κ1) is 10.2. The zero-order chi connectivity index (χ0) is 11.8. The molecule has 0 saturated heterocycles. The number of aryl methyl sites for hydroxylation is 1. The van der Waals surface area contributed by atoms with Crippen LogP contribution in [0.4, 0.5) is 5.69 Å². The summed E-state index contributed by atoms with van der Waals surface area (Å²) in [4.78, 5) is 0. The summed E-state index contributed by atoms with van der Waals surface area (Å²) in [5.41, 5.74) is 3.52. The molecule has 0 fully saturated rings. The van der Waals surface area contributed by atoms with E-state index in [0.717, 1.165) is 17.2 Å². The predicted octanol–water partition coefficient (Wildman–Crippen LogP) is 4.27. The third kappa shape index (κ3) is 1.76. The first-order valence-corrected chi connectivity index (χ1v) is 5.88. The Bertz CT molecular complexity index is 563. The van der Waals surface area contributed by atoms with Crippen LogP contribution in [0.3, 0.4) is 0 Å². The smallest absolute Gasteiger partial charge is 0.150 e. The molecule has 2 aromatic rings. The highest BCUT2D eigenvalue weighted by atomic mass is 16.5. The fourth-order valence-electron chi connectivity index (χ4n) is 2.20. The van der Waals surface area contributed by atoms with Gasteiger partial charge in [-0.3, -0.25) is 0 Å². The third-order valence-electron chi connectivity index (χ3n) is 3.11. The van der Waals surface area contributed by atoms with Gasteiger partial charge in [0.15, 0.2) is 5.75 Å². The molecule has 0 radical (unpaired) electrons. The summed E-state index contributed by atoms with van der Waals surface area (Å²) < 4.78 is 5.97. The molecule has 2 aromatic carbocycles. The summed E-state index contributed by atoms with van der Waals surface area (Å²) in [6.45, 7) is 4.26. The highest BCUT2D eigenvalue weighted by molar-refractivity contribution is 5.62. The second kappa shape index (κ2) is 3.81. The molecule has 2 heteroatoms. The van der Waals surface area contributed by atoms with Gasteiger partial charge in [-0.2, -0.15) is 0 Å². The van der Waals surface area contributed by atoms with Gasteiger partial charge >= 0.3 is 0 Å². The van der Waals surface area contributed by atoms with Crippen molar-refractivity contribution in [2.45, 2.75) is 19.9 Å². The number of fused-ring (bicyclic) bond motifs is 2. The second-order valence-corrected chi connectivity index (χ2v) is 4.51. The molecule has 3 rings (SSSR count). The van der Waals surface area contributed by atoms with Gasteiger partial charge in [-0.1, -0.05) is 29.8 Å². The van der Waals surface area contributed by atoms with Crippen molar-refractivity contribution in [3.63, 3.8) is 0 Å². The number of anilines is 1. The van der Waals surface area contributed by atoms with E-state index in [0.29, 0.717) is 0 Å². The lowest BCUT2D eigenvalue weighted by atomic mass is 10.0. The van der Waals surface area contributed by atoms with Gasteiger partial charge in [0.05, 0.1) is 11.7 Å². The van der Waals surface area contributed by atoms with Crippen molar-refractivity contribution in [3.05, 3.63) is 53.6 Å². The van der Waals surface area contributed by atoms with Crippen LogP contribution in [-0.4, -0.2) is 0 Å². The minimum atomic E-state index is 0.258. The number of hydrogen-bond acceptors (Lipinski definition) is 2. The number of nitrogens with one attached hydrogen (secondary N) is 1. The topological polar surface area (TPSA) is 21.3 Å². The van der Waals surface area contributed by atoms with Crippen LogP contribution in [0.15, 0.2) is 42.5 Å². The maximum absolute atomic E-state index is 5.97. The minimum Gasteiger partial charge on any atom is -0.455 e. The standard InChI is InChI=1S/C15H15NO/c1-10-7-8-14-12(9-10)11(2)16-13-5-3-4-6-15(13)17-14/h3-9,11,16H,1-2H3/t11-/m0/s1. The quantitative estimate of drug-likeness (QED) is 0.722. The Labute approximate surface area is 101 Å². The zero-order valence-electron chi connectivity index (χ0n) is 10.0. The first-order chi connectivity index (χ1) is 8.24. The Kier molecular flexibility index (Phi) is 2.29. The van der Waals surface area contributed by atoms with Crippen LogP contribution >= 0.6 is 0 Å². The Hall–Kier alpha value is -1.96. The molecule has 0 aromatic heterocycles. The average molecular weight is 225 g/mol. The van der Waals surface area contributed by atoms with E-state index in [4.69, 9.17) is 4.74 Å². The lowest BCUT2D eigenvalue weighted by molar-refractivity contribution is 0.482. The van der Waals surface area contributed by atoms with Crippen LogP contribution in [-0.2, 0) is 0 Å². The van der Waals surface area contributed by atoms with Crippen molar-refractivity contribution in [3.8, 4) is 11.5 Å². The van der Waals surface area contributed by atoms with Crippen molar-refractivity contribution in [2.75, 3.05) is 5.32 Å². The molecule has 0 unspecified atom stereocenters. The van der Waals surface area contributed by atoms with Crippen molar-refractivity contribution >= 4 is 5.69 Å². The number of rotatable bonds is 0. The van der Waals surface area contributed by atoms with E-state index in [9.17, 15) is 0 Å². The summed E-state index contributed by atoms with van der Waals surface area (Å²) in [6.07, 6.45) is 0. The molecule has 0 amide bonds. The minimum absolute atomic E-state index is 0.258. The van der Waals surface area contributed by atoms with Crippen LogP contribution < -0.4 is 10.1 Å². The van der Waals surface area contributed by atoms with Gasteiger partial charge in [0.1, 0.15) is 5.75 Å². The molecule has 0 spiro atoms. The van der Waals surface area contributed by atoms with Crippen LogP contribution in [0, 0.1) is 6.92 Å². The highest BCUT2D eigenvalue weighted by Gasteiger charge is 2.18. The molecule has 17 heavy (non-hydrogen) atoms. The van der Waals surface area contributed by atoms with E-state index >= 15 is 0 Å². The maximum Gasteiger partial charge on any atom is 0.150 e. The molecular formula is C15H15NO. The summed E-state index contributed by atoms with van der Waals surface area (Å²) >= 11 is 0. The molecule has 2 nitrogen and oxygen atoms in total. The van der Waals surface area contributed by atoms with E-state index in [1.807, 2.05) is 30.3 Å². The molecule has 0 aliphatic carbocycles. The van der Waals surface area contributed by atoms with Crippen LogP contribution in [0.2, 0.25) is 0 Å². The number of benzene rings is 2. The molecule has 1 heterocycles. The zero-order valence-corrected chi connectivity index (χ0v) is 10.0. The van der Waals surface area contributed by atoms with E-state index in [-0.39, 0.29) is 6.04 Å². The van der Waals surface area contributed by atoms with Crippen molar-refractivity contribution in [1.29, 1.82) is 0 Å². The van der Waals surface area contributed by atoms with Gasteiger partial charge in [-0.15, -0.1) is 0 Å². The summed E-state index contributed by atoms with van der Waals surface area (Å²) in [7, 11) is 0. The predicted molar refractivity (Wildman–Crippen MR) is 69.7 cm³/mol. The first-order valence-electron chi connectivity index (χ1n) is 5.88. The van der Waals surface area contributed by atoms with Crippen LogP contribution in [0.25, 0.3) is 0 Å². The molecule has 1 N–H and O–H groups in total. The number of para-hydroxylation sites is 2. The molecular weight excluding hydrogens is 210 g/mol. The fraction of sp³-hybridized carbons (Fsp3) is 0.200. The SMILES string of the molecule is Cc1ccc2c(c1)[C@H](C)Nc1ccccc1O2. The lowest BCUT2D eigenvalue weighted by Crippen LogP contribution is -2.04. The van der Waals surface area contributed by atoms with Gasteiger partial charge in [-0.05, 0) is 32.0 Å². The molecule has 1 aliphatic heterocycles. The van der Waals surface area contributed by atoms with Crippen molar-refractivity contribution in [2.24, 2.45) is 0 Å². The molecule has 0 bridgehead atoms. The summed E-state index contributed by atoms with van der Waals surface area (Å²) in [6, 6.07) is 14.6. The third-order valence-corrected chi connectivity index (χ3v) is 3.11. The molecule has 1 aliphatic rings. The van der Waals surface area contributed by atoms with Gasteiger partial charge in [0, 0.05) is 5.56 Å². The second-order valence-electron chi connectivity index (χ2n) is 4.51. The van der Waals surface area contributed by atoms with E-state index < -0.39 is 0 Å². The Morgan fingerprint density at radius 1 is 1.06 bits per heavy atom. The van der Waals surface area contributed by atoms with Gasteiger partial charge in [0.25, 0.3) is 0 Å². The Balaban J connectivity index is 2.14. The Morgan fingerprint density at radius 2 is 1.88 bits per heavy atom. The summed E-state index contributed by atoms with van der Waals surface area (Å²) in [5, 5.41) is 3.48. The van der Waals surface area contributed by atoms with Crippen molar-refractivity contribution in [1.82, 2.24) is 0 Å². The van der Waals surface area contributed by atoms with E-state index in [2.05, 4.69) is 31.3 Å². The lowest BCUT2D eigenvalue weighted by Gasteiger charge is -2.13. The van der Waals surface area contributed by atoms with Crippen LogP contribution in [0.5, 0.6) is 11.5 Å². The Morgan fingerprint density at radius 3 is 2.76 bits per heavy atom. The largest absolute Gasteiger partial charge is 0.455 e. The molecule has 86 valence electrons. The van der Waals surface area contributed by atoms with Gasteiger partial charge in [-0.25, -0.2) is 0 Å². The monoisotopic (exact) mass is 225 g/mol. The highest BCUT2D eigenvalue weighted by Crippen LogP contribution is 2.39. The average Bonchev–Trinajstić information content (AvgIpc) is 2.46. The number of hydrogen-bond donors (Lipinski definition) is 1. The van der Waals surface area contributed by atoms with E-state index in [1.54, 1.807) is 0 Å². The van der Waals surface area contributed by atoms with Crippen molar-refractivity contribution < 1.29 is 4.74 Å². The van der Waals surface area contributed by atoms with E-state index in [1.165, 1.54) is 11.1 Å². The van der Waals surface area contributed by atoms with Gasteiger partial charge in [0.2, 0.25) is 0 Å². The molecule has 1 atom stereocenters. The fourth-order valence-corrected chi connectivity index (χ4v) is 2.20. The van der Waals surface area contributed by atoms with Gasteiger partial charge < -0.3 is 10.1 Å².